The van der Waals surface area contributed by atoms with Crippen molar-refractivity contribution in [2.24, 2.45) is 0 Å². The average molecular weight is 378 g/mol. The smallest absolute Gasteiger partial charge is 0.263 e. The maximum absolute atomic E-state index is 12.0. The van der Waals surface area contributed by atoms with Gasteiger partial charge in [-0.2, -0.15) is 0 Å². The summed E-state index contributed by atoms with van der Waals surface area (Å²) in [6.45, 7) is 2.50. The lowest BCUT2D eigenvalue weighted by Gasteiger charge is -2.08. The molecule has 0 atom stereocenters. The monoisotopic (exact) mass is 378 g/mol. The van der Waals surface area contributed by atoms with Crippen LogP contribution in [0, 0.1) is 6.92 Å². The van der Waals surface area contributed by atoms with Crippen molar-refractivity contribution < 1.29 is 14.3 Å². The molecule has 0 saturated carbocycles. The fraction of sp³-hybridized carbons (Fsp3) is 0.190. The summed E-state index contributed by atoms with van der Waals surface area (Å²) in [6, 6.07) is 18.7. The Labute approximate surface area is 163 Å². The lowest BCUT2D eigenvalue weighted by atomic mass is 10.2. The second-order valence-corrected chi connectivity index (χ2v) is 6.16. The Morgan fingerprint density at radius 1 is 0.893 bits per heavy atom. The minimum atomic E-state index is -0.297. The Balaban J connectivity index is 1.45. The molecule has 0 fully saturated rings. The van der Waals surface area contributed by atoms with E-state index in [1.54, 1.807) is 19.2 Å². The van der Waals surface area contributed by atoms with E-state index in [1.165, 1.54) is 0 Å². The number of nitrogens with one attached hydrogen (secondary N) is 2. The zero-order valence-electron chi connectivity index (χ0n) is 15.8. The van der Waals surface area contributed by atoms with Crippen LogP contribution in [0.25, 0.3) is 0 Å². The number of hydrogen-bond acceptors (Lipinski definition) is 6. The van der Waals surface area contributed by atoms with Gasteiger partial charge in [0.25, 0.3) is 5.91 Å². The molecule has 0 spiro atoms. The number of anilines is 2. The SMILES string of the molecule is COc1ccc(CNc2ccc(NC(=O)COc3ccc(C)cc3)nn2)cc1. The third-order valence-electron chi connectivity index (χ3n) is 3.96. The van der Waals surface area contributed by atoms with Gasteiger partial charge in [-0.25, -0.2) is 0 Å². The largest absolute Gasteiger partial charge is 0.497 e. The molecule has 1 aromatic heterocycles. The molecule has 7 nitrogen and oxygen atoms in total. The first-order valence-electron chi connectivity index (χ1n) is 8.82. The van der Waals surface area contributed by atoms with E-state index < -0.39 is 0 Å². The van der Waals surface area contributed by atoms with Gasteiger partial charge in [0.15, 0.2) is 12.4 Å². The minimum Gasteiger partial charge on any atom is -0.497 e. The molecule has 2 aromatic carbocycles. The molecule has 3 aromatic rings. The molecule has 2 N–H and O–H groups in total. The molecule has 1 amide bonds. The molecule has 7 heteroatoms. The number of carbonyl (C=O) groups excluding carboxylic acids is 1. The van der Waals surface area contributed by atoms with Crippen molar-refractivity contribution in [3.63, 3.8) is 0 Å². The van der Waals surface area contributed by atoms with Crippen LogP contribution in [0.3, 0.4) is 0 Å². The number of amides is 1. The molecule has 0 radical (unpaired) electrons. The molecule has 0 bridgehead atoms. The van der Waals surface area contributed by atoms with E-state index >= 15 is 0 Å². The Kier molecular flexibility index (Phi) is 6.41. The number of aromatic nitrogens is 2. The number of ether oxygens (including phenoxy) is 2. The molecule has 1 heterocycles. The number of rotatable bonds is 8. The van der Waals surface area contributed by atoms with Gasteiger partial charge < -0.3 is 20.1 Å². The van der Waals surface area contributed by atoms with Gasteiger partial charge >= 0.3 is 0 Å². The summed E-state index contributed by atoms with van der Waals surface area (Å²) in [5, 5.41) is 13.9. The third kappa shape index (κ3) is 5.70. The van der Waals surface area contributed by atoms with Crippen LogP contribution in [0.1, 0.15) is 11.1 Å². The number of aryl methyl sites for hydroxylation is 1. The Hall–Kier alpha value is -3.61. The van der Waals surface area contributed by atoms with Crippen LogP contribution in [0.2, 0.25) is 0 Å². The second-order valence-electron chi connectivity index (χ2n) is 6.16. The predicted molar refractivity (Wildman–Crippen MR) is 108 cm³/mol. The Morgan fingerprint density at radius 3 is 2.18 bits per heavy atom. The van der Waals surface area contributed by atoms with Gasteiger partial charge in [-0.3, -0.25) is 4.79 Å². The standard InChI is InChI=1S/C21H22N4O3/c1-15-3-7-18(8-4-15)28-14-21(26)23-20-12-11-19(24-25-20)22-13-16-5-9-17(27-2)10-6-16/h3-12H,13-14H2,1-2H3,(H,22,24)(H,23,25,26). The van der Waals surface area contributed by atoms with Crippen LogP contribution in [-0.2, 0) is 11.3 Å². The molecule has 0 aliphatic heterocycles. The van der Waals surface area contributed by atoms with Crippen molar-refractivity contribution in [2.45, 2.75) is 13.5 Å². The zero-order chi connectivity index (χ0) is 19.8. The summed E-state index contributed by atoms with van der Waals surface area (Å²) < 4.78 is 10.6. The highest BCUT2D eigenvalue weighted by Gasteiger charge is 2.06. The highest BCUT2D eigenvalue weighted by Crippen LogP contribution is 2.14. The highest BCUT2D eigenvalue weighted by molar-refractivity contribution is 5.90. The molecule has 0 unspecified atom stereocenters. The summed E-state index contributed by atoms with van der Waals surface area (Å²) in [4.78, 5) is 12.0. The summed E-state index contributed by atoms with van der Waals surface area (Å²) >= 11 is 0. The van der Waals surface area contributed by atoms with E-state index in [0.717, 1.165) is 16.9 Å². The van der Waals surface area contributed by atoms with Crippen LogP contribution in [0.15, 0.2) is 60.7 Å². The van der Waals surface area contributed by atoms with Crippen molar-refractivity contribution in [3.8, 4) is 11.5 Å². The summed E-state index contributed by atoms with van der Waals surface area (Å²) in [5.74, 6) is 2.14. The van der Waals surface area contributed by atoms with E-state index in [-0.39, 0.29) is 12.5 Å². The number of carbonyl (C=O) groups is 1. The van der Waals surface area contributed by atoms with Crippen LogP contribution in [-0.4, -0.2) is 29.8 Å². The first kappa shape index (κ1) is 19.2. The topological polar surface area (TPSA) is 85.4 Å². The summed E-state index contributed by atoms with van der Waals surface area (Å²) in [6.07, 6.45) is 0. The van der Waals surface area contributed by atoms with Gasteiger partial charge in [-0.1, -0.05) is 29.8 Å². The zero-order valence-corrected chi connectivity index (χ0v) is 15.8. The number of hydrogen-bond donors (Lipinski definition) is 2. The van der Waals surface area contributed by atoms with Gasteiger partial charge in [0.05, 0.1) is 7.11 Å². The fourth-order valence-electron chi connectivity index (χ4n) is 2.39. The highest BCUT2D eigenvalue weighted by atomic mass is 16.5. The number of methoxy groups -OCH3 is 1. The first-order chi connectivity index (χ1) is 13.6. The predicted octanol–water partition coefficient (Wildman–Crippen LogP) is 3.42. The second kappa shape index (κ2) is 9.36. The van der Waals surface area contributed by atoms with Gasteiger partial charge in [0, 0.05) is 6.54 Å². The molecule has 0 saturated heterocycles. The Bertz CT molecular complexity index is 894. The molecular weight excluding hydrogens is 356 g/mol. The van der Waals surface area contributed by atoms with Crippen LogP contribution >= 0.6 is 0 Å². The van der Waals surface area contributed by atoms with E-state index in [9.17, 15) is 4.79 Å². The lowest BCUT2D eigenvalue weighted by Crippen LogP contribution is -2.21. The Morgan fingerprint density at radius 2 is 1.54 bits per heavy atom. The van der Waals surface area contributed by atoms with Crippen LogP contribution in [0.4, 0.5) is 11.6 Å². The number of benzene rings is 2. The van der Waals surface area contributed by atoms with Gasteiger partial charge in [0.2, 0.25) is 0 Å². The molecule has 144 valence electrons. The van der Waals surface area contributed by atoms with Gasteiger partial charge in [-0.05, 0) is 48.9 Å². The van der Waals surface area contributed by atoms with Crippen LogP contribution < -0.4 is 20.1 Å². The lowest BCUT2D eigenvalue weighted by molar-refractivity contribution is -0.118. The fourth-order valence-corrected chi connectivity index (χ4v) is 2.39. The van der Waals surface area contributed by atoms with Crippen LogP contribution in [0.5, 0.6) is 11.5 Å². The summed E-state index contributed by atoms with van der Waals surface area (Å²) in [5.41, 5.74) is 2.22. The molecular formula is C21H22N4O3. The van der Waals surface area contributed by atoms with Gasteiger partial charge in [-0.15, -0.1) is 10.2 Å². The third-order valence-corrected chi connectivity index (χ3v) is 3.96. The van der Waals surface area contributed by atoms with E-state index in [0.29, 0.717) is 23.9 Å². The summed E-state index contributed by atoms with van der Waals surface area (Å²) in [7, 11) is 1.64. The molecule has 3 rings (SSSR count). The van der Waals surface area contributed by atoms with Crippen molar-refractivity contribution in [3.05, 3.63) is 71.8 Å². The maximum Gasteiger partial charge on any atom is 0.263 e. The average Bonchev–Trinajstić information content (AvgIpc) is 2.73. The van der Waals surface area contributed by atoms with Crippen molar-refractivity contribution >= 4 is 17.5 Å². The van der Waals surface area contributed by atoms with Crippen molar-refractivity contribution in [1.82, 2.24) is 10.2 Å². The van der Waals surface area contributed by atoms with E-state index in [4.69, 9.17) is 9.47 Å². The number of nitrogens with zero attached hydrogens (tertiary/aromatic N) is 2. The van der Waals surface area contributed by atoms with Crippen molar-refractivity contribution in [1.29, 1.82) is 0 Å². The minimum absolute atomic E-state index is 0.0950. The van der Waals surface area contributed by atoms with E-state index in [2.05, 4.69) is 20.8 Å². The van der Waals surface area contributed by atoms with Crippen molar-refractivity contribution in [2.75, 3.05) is 24.4 Å². The van der Waals surface area contributed by atoms with E-state index in [1.807, 2.05) is 55.5 Å². The van der Waals surface area contributed by atoms with Gasteiger partial charge in [0.1, 0.15) is 17.3 Å². The quantitative estimate of drug-likeness (QED) is 0.625. The molecule has 0 aliphatic rings. The normalized spacial score (nSPS) is 10.2. The molecule has 0 aliphatic carbocycles. The molecule has 28 heavy (non-hydrogen) atoms. The maximum atomic E-state index is 12.0. The first-order valence-corrected chi connectivity index (χ1v) is 8.82.